The molecule has 0 aromatic heterocycles. The molecule has 0 fully saturated rings. The number of aliphatic hydroxyl groups is 1. The minimum atomic E-state index is -1.23. The Labute approximate surface area is 116 Å². The van der Waals surface area contributed by atoms with Gasteiger partial charge >= 0.3 is 5.97 Å². The first kappa shape index (κ1) is 16.1. The second kappa shape index (κ2) is 8.26. The van der Waals surface area contributed by atoms with Gasteiger partial charge in [-0.2, -0.15) is 0 Å². The molecular formula is C13H18N2O5. The van der Waals surface area contributed by atoms with Crippen molar-refractivity contribution in [2.75, 3.05) is 13.2 Å². The molecule has 2 atom stereocenters. The summed E-state index contributed by atoms with van der Waals surface area (Å²) in [6.07, 6.45) is 0. The van der Waals surface area contributed by atoms with Gasteiger partial charge in [-0.15, -0.1) is 0 Å². The molecule has 0 aliphatic rings. The third kappa shape index (κ3) is 5.35. The maximum atomic E-state index is 11.4. The van der Waals surface area contributed by atoms with Crippen molar-refractivity contribution in [3.05, 3.63) is 35.9 Å². The molecule has 0 unspecified atom stereocenters. The molecule has 110 valence electrons. The Morgan fingerprint density at radius 3 is 2.50 bits per heavy atom. The van der Waals surface area contributed by atoms with Gasteiger partial charge < -0.3 is 26.0 Å². The maximum Gasteiger partial charge on any atom is 0.328 e. The zero-order valence-corrected chi connectivity index (χ0v) is 10.9. The number of ether oxygens (including phenoxy) is 1. The first-order chi connectivity index (χ1) is 9.54. The lowest BCUT2D eigenvalue weighted by molar-refractivity contribution is -0.144. The Kier molecular flexibility index (Phi) is 6.65. The normalized spacial score (nSPS) is 13.5. The predicted molar refractivity (Wildman–Crippen MR) is 70.7 cm³/mol. The maximum absolute atomic E-state index is 11.4. The molecule has 0 heterocycles. The molecule has 1 aromatic rings. The largest absolute Gasteiger partial charge is 0.480 e. The van der Waals surface area contributed by atoms with E-state index in [-0.39, 0.29) is 13.2 Å². The molecule has 7 heteroatoms. The third-order valence-corrected chi connectivity index (χ3v) is 2.54. The van der Waals surface area contributed by atoms with Crippen LogP contribution >= 0.6 is 0 Å². The molecule has 20 heavy (non-hydrogen) atoms. The molecule has 0 saturated carbocycles. The van der Waals surface area contributed by atoms with Crippen LogP contribution < -0.4 is 11.1 Å². The minimum absolute atomic E-state index is 0.186. The van der Waals surface area contributed by atoms with E-state index >= 15 is 0 Å². The summed E-state index contributed by atoms with van der Waals surface area (Å²) in [6.45, 7) is -0.496. The predicted octanol–water partition coefficient (Wildman–Crippen LogP) is -0.908. The van der Waals surface area contributed by atoms with Crippen molar-refractivity contribution >= 4 is 11.9 Å². The standard InChI is InChI=1S/C13H18N2O5/c14-10(6-16)12(17)15-11(13(18)19)8-20-7-9-4-2-1-3-5-9/h1-5,10-11,16H,6-8,14H2,(H,15,17)(H,18,19)/t10-,11+/m1/s1. The number of amides is 1. The van der Waals surface area contributed by atoms with Crippen LogP contribution in [0.3, 0.4) is 0 Å². The van der Waals surface area contributed by atoms with Gasteiger partial charge in [-0.25, -0.2) is 4.79 Å². The SMILES string of the molecule is N[C@H](CO)C(=O)N[C@@H](COCc1ccccc1)C(=O)O. The monoisotopic (exact) mass is 282 g/mol. The zero-order valence-electron chi connectivity index (χ0n) is 10.9. The van der Waals surface area contributed by atoms with E-state index in [1.165, 1.54) is 0 Å². The minimum Gasteiger partial charge on any atom is -0.480 e. The molecule has 0 spiro atoms. The van der Waals surface area contributed by atoms with E-state index in [0.717, 1.165) is 5.56 Å². The van der Waals surface area contributed by atoms with Crippen LogP contribution in [0, 0.1) is 0 Å². The molecular weight excluding hydrogens is 264 g/mol. The summed E-state index contributed by atoms with van der Waals surface area (Å²) >= 11 is 0. The van der Waals surface area contributed by atoms with E-state index in [1.807, 2.05) is 30.3 Å². The average Bonchev–Trinajstić information content (AvgIpc) is 2.46. The number of carbonyl (C=O) groups excluding carboxylic acids is 1. The number of nitrogens with two attached hydrogens (primary N) is 1. The van der Waals surface area contributed by atoms with Gasteiger partial charge in [0.2, 0.25) is 5.91 Å². The van der Waals surface area contributed by atoms with Gasteiger partial charge in [0.15, 0.2) is 6.04 Å². The van der Waals surface area contributed by atoms with Crippen LogP contribution in [0.4, 0.5) is 0 Å². The zero-order chi connectivity index (χ0) is 15.0. The fraction of sp³-hybridized carbons (Fsp3) is 0.385. The summed E-state index contributed by atoms with van der Waals surface area (Å²) in [7, 11) is 0. The summed E-state index contributed by atoms with van der Waals surface area (Å²) in [6, 6.07) is 6.88. The van der Waals surface area contributed by atoms with E-state index in [9.17, 15) is 9.59 Å². The number of aliphatic hydroxyl groups excluding tert-OH is 1. The van der Waals surface area contributed by atoms with Crippen molar-refractivity contribution in [2.45, 2.75) is 18.7 Å². The highest BCUT2D eigenvalue weighted by molar-refractivity contribution is 5.86. The lowest BCUT2D eigenvalue weighted by atomic mass is 10.2. The number of carboxylic acid groups (broad SMARTS) is 1. The summed E-state index contributed by atoms with van der Waals surface area (Å²) in [5.41, 5.74) is 6.19. The van der Waals surface area contributed by atoms with Crippen LogP contribution in [0.5, 0.6) is 0 Å². The lowest BCUT2D eigenvalue weighted by Gasteiger charge is -2.17. The van der Waals surface area contributed by atoms with Gasteiger partial charge in [-0.1, -0.05) is 30.3 Å². The average molecular weight is 282 g/mol. The van der Waals surface area contributed by atoms with Crippen LogP contribution in [0.25, 0.3) is 0 Å². The number of hydrogen-bond acceptors (Lipinski definition) is 5. The molecule has 0 radical (unpaired) electrons. The molecule has 0 aliphatic carbocycles. The third-order valence-electron chi connectivity index (χ3n) is 2.54. The fourth-order valence-corrected chi connectivity index (χ4v) is 1.41. The fourth-order valence-electron chi connectivity index (χ4n) is 1.41. The molecule has 0 aliphatic heterocycles. The van der Waals surface area contributed by atoms with Crippen molar-refractivity contribution in [2.24, 2.45) is 5.73 Å². The summed E-state index contributed by atoms with van der Waals surface area (Å²) in [5.74, 6) is -1.96. The number of nitrogens with one attached hydrogen (secondary N) is 1. The number of carboxylic acids is 1. The van der Waals surface area contributed by atoms with Crippen molar-refractivity contribution in [1.29, 1.82) is 0 Å². The van der Waals surface area contributed by atoms with Crippen molar-refractivity contribution in [3.8, 4) is 0 Å². The summed E-state index contributed by atoms with van der Waals surface area (Å²) in [4.78, 5) is 22.4. The van der Waals surface area contributed by atoms with Crippen LogP contribution in [0.1, 0.15) is 5.56 Å². The Morgan fingerprint density at radius 2 is 1.95 bits per heavy atom. The van der Waals surface area contributed by atoms with Gasteiger partial charge in [0.05, 0.1) is 19.8 Å². The highest BCUT2D eigenvalue weighted by Crippen LogP contribution is 2.01. The highest BCUT2D eigenvalue weighted by Gasteiger charge is 2.23. The molecule has 0 bridgehead atoms. The van der Waals surface area contributed by atoms with E-state index < -0.39 is 30.6 Å². The Balaban J connectivity index is 2.43. The van der Waals surface area contributed by atoms with Gasteiger partial charge in [-0.3, -0.25) is 4.79 Å². The molecule has 5 N–H and O–H groups in total. The lowest BCUT2D eigenvalue weighted by Crippen LogP contribution is -2.51. The van der Waals surface area contributed by atoms with Crippen LogP contribution in [-0.4, -0.2) is 47.4 Å². The quantitative estimate of drug-likeness (QED) is 0.490. The van der Waals surface area contributed by atoms with Gasteiger partial charge in [0.25, 0.3) is 0 Å². The van der Waals surface area contributed by atoms with Gasteiger partial charge in [0, 0.05) is 0 Å². The van der Waals surface area contributed by atoms with Crippen LogP contribution in [0.2, 0.25) is 0 Å². The molecule has 0 saturated heterocycles. The topological polar surface area (TPSA) is 122 Å². The van der Waals surface area contributed by atoms with Crippen molar-refractivity contribution < 1.29 is 24.5 Å². The second-order valence-corrected chi connectivity index (χ2v) is 4.19. The first-order valence-corrected chi connectivity index (χ1v) is 6.06. The number of benzene rings is 1. The summed E-state index contributed by atoms with van der Waals surface area (Å²) < 4.78 is 5.26. The van der Waals surface area contributed by atoms with Crippen LogP contribution in [0.15, 0.2) is 30.3 Å². The Hall–Kier alpha value is -1.96. The molecule has 7 nitrogen and oxygen atoms in total. The van der Waals surface area contributed by atoms with Gasteiger partial charge in [-0.05, 0) is 5.56 Å². The van der Waals surface area contributed by atoms with E-state index in [2.05, 4.69) is 5.32 Å². The number of aliphatic carboxylic acids is 1. The summed E-state index contributed by atoms with van der Waals surface area (Å²) in [5, 5.41) is 19.9. The van der Waals surface area contributed by atoms with E-state index in [0.29, 0.717) is 0 Å². The van der Waals surface area contributed by atoms with E-state index in [1.54, 1.807) is 0 Å². The molecule has 1 aromatic carbocycles. The van der Waals surface area contributed by atoms with Crippen molar-refractivity contribution in [3.63, 3.8) is 0 Å². The molecule has 1 amide bonds. The molecule has 1 rings (SSSR count). The Bertz CT molecular complexity index is 438. The Morgan fingerprint density at radius 1 is 1.30 bits per heavy atom. The van der Waals surface area contributed by atoms with Crippen LogP contribution in [-0.2, 0) is 20.9 Å². The highest BCUT2D eigenvalue weighted by atomic mass is 16.5. The smallest absolute Gasteiger partial charge is 0.328 e. The van der Waals surface area contributed by atoms with Crippen molar-refractivity contribution in [1.82, 2.24) is 5.32 Å². The first-order valence-electron chi connectivity index (χ1n) is 6.06. The number of hydrogen-bond donors (Lipinski definition) is 4. The second-order valence-electron chi connectivity index (χ2n) is 4.19. The van der Waals surface area contributed by atoms with Gasteiger partial charge in [0.1, 0.15) is 6.04 Å². The van der Waals surface area contributed by atoms with E-state index in [4.69, 9.17) is 20.7 Å². The number of rotatable bonds is 8. The number of carbonyl (C=O) groups is 2.